The van der Waals surface area contributed by atoms with E-state index in [2.05, 4.69) is 42.5 Å². The van der Waals surface area contributed by atoms with E-state index in [1.54, 1.807) is 23.3 Å². The smallest absolute Gasteiger partial charge is 0.407 e. The first-order valence-corrected chi connectivity index (χ1v) is 20.8. The molecule has 0 radical (unpaired) electrons. The lowest BCUT2D eigenvalue weighted by Gasteiger charge is -2.32. The molecule has 3 fully saturated rings. The minimum Gasteiger partial charge on any atom is -0.496 e. The number of rotatable bonds is 17. The quantitative estimate of drug-likeness (QED) is 0.138. The van der Waals surface area contributed by atoms with Crippen LogP contribution in [0.3, 0.4) is 0 Å². The van der Waals surface area contributed by atoms with Crippen LogP contribution in [0.15, 0.2) is 23.6 Å². The summed E-state index contributed by atoms with van der Waals surface area (Å²) in [5.74, 6) is 0.900. The Kier molecular flexibility index (Phi) is 12.7. The zero-order valence-electron chi connectivity index (χ0n) is 33.2. The molecule has 2 N–H and O–H groups in total. The van der Waals surface area contributed by atoms with Crippen LogP contribution in [-0.2, 0) is 32.1 Å². The summed E-state index contributed by atoms with van der Waals surface area (Å²) in [4.78, 5) is 63.5. The summed E-state index contributed by atoms with van der Waals surface area (Å²) in [5, 5.41) is 9.91. The second-order valence-electron chi connectivity index (χ2n) is 16.5. The van der Waals surface area contributed by atoms with Crippen molar-refractivity contribution in [2.45, 2.75) is 129 Å². The number of likely N-dealkylation sites (tertiary alicyclic amines) is 1. The summed E-state index contributed by atoms with van der Waals surface area (Å²) < 4.78 is 17.5. The molecule has 6 rings (SSSR count). The lowest BCUT2D eigenvalue weighted by molar-refractivity contribution is -0.141. The molecule has 3 aromatic rings. The van der Waals surface area contributed by atoms with Crippen molar-refractivity contribution >= 4 is 46.4 Å². The maximum atomic E-state index is 14.1. The van der Waals surface area contributed by atoms with Crippen LogP contribution in [0, 0.1) is 31.1 Å². The maximum absolute atomic E-state index is 14.1. The number of carbonyl (C=O) groups is 4. The van der Waals surface area contributed by atoms with Crippen LogP contribution in [0.4, 0.5) is 4.79 Å². The second-order valence-corrected chi connectivity index (χ2v) is 17.6. The number of fused-ring (bicyclic) bond motifs is 1. The van der Waals surface area contributed by atoms with Crippen molar-refractivity contribution in [2.24, 2.45) is 17.3 Å². The molecule has 1 aromatic carbocycles. The number of carbonyl (C=O) groups excluding carboxylic acids is 4. The number of ether oxygens (including phenoxy) is 3. The van der Waals surface area contributed by atoms with E-state index in [1.165, 1.54) is 0 Å². The highest BCUT2D eigenvalue weighted by Crippen LogP contribution is 2.44. The van der Waals surface area contributed by atoms with Gasteiger partial charge in [0.25, 0.3) is 0 Å². The summed E-state index contributed by atoms with van der Waals surface area (Å²) in [6.07, 6.45) is 8.93. The normalized spacial score (nSPS) is 21.7. The van der Waals surface area contributed by atoms with E-state index in [0.717, 1.165) is 96.1 Å². The number of aldehydes is 1. The Labute approximate surface area is 328 Å². The minimum atomic E-state index is -0.816. The van der Waals surface area contributed by atoms with E-state index < -0.39 is 23.7 Å². The van der Waals surface area contributed by atoms with Crippen LogP contribution in [-0.4, -0.2) is 76.9 Å². The van der Waals surface area contributed by atoms with Crippen molar-refractivity contribution in [1.82, 2.24) is 25.5 Å². The number of nitrogens with zero attached hydrogens (tertiary/aromatic N) is 3. The van der Waals surface area contributed by atoms with Crippen molar-refractivity contribution in [1.29, 1.82) is 0 Å². The molecule has 0 spiro atoms. The van der Waals surface area contributed by atoms with Crippen LogP contribution < -0.4 is 20.1 Å². The SMILES string of the molecule is CC[C@@H]1C[C@@]1(C=O)NC(=O)[C@@H]1CCCN1C(=O)[C@@H](NC(=O)OCC(C)(C)CCCc1cc2c(C)cc(OCc3csc(C)n3)nc2cc1OC)C1CCCC1. The molecular weight excluding hydrogens is 719 g/mol. The van der Waals surface area contributed by atoms with Gasteiger partial charge in [-0.25, -0.2) is 14.8 Å². The van der Waals surface area contributed by atoms with Crippen molar-refractivity contribution < 1.29 is 33.4 Å². The molecule has 12 nitrogen and oxygen atoms in total. The topological polar surface area (TPSA) is 149 Å². The summed E-state index contributed by atoms with van der Waals surface area (Å²) in [6, 6.07) is 4.64. The molecule has 55 heavy (non-hydrogen) atoms. The van der Waals surface area contributed by atoms with Gasteiger partial charge in [0.2, 0.25) is 17.7 Å². The molecule has 298 valence electrons. The third-order valence-corrected chi connectivity index (χ3v) is 12.6. The predicted octanol–water partition coefficient (Wildman–Crippen LogP) is 7.00. The molecule has 3 aliphatic rings. The number of amides is 3. The number of thiazole rings is 1. The largest absolute Gasteiger partial charge is 0.496 e. The summed E-state index contributed by atoms with van der Waals surface area (Å²) in [5.41, 5.74) is 2.69. The van der Waals surface area contributed by atoms with Gasteiger partial charge in [0.05, 0.1) is 35.5 Å². The minimum absolute atomic E-state index is 0.0192. The van der Waals surface area contributed by atoms with Gasteiger partial charge in [-0.15, -0.1) is 11.3 Å². The number of hydrogen-bond donors (Lipinski definition) is 2. The highest BCUT2D eigenvalue weighted by molar-refractivity contribution is 7.09. The zero-order valence-corrected chi connectivity index (χ0v) is 34.0. The molecule has 0 bridgehead atoms. The number of pyridine rings is 1. The Hall–Kier alpha value is -4.26. The molecular formula is C42H57N5O7S. The van der Waals surface area contributed by atoms with Crippen molar-refractivity contribution in [3.63, 3.8) is 0 Å². The number of hydrogen-bond acceptors (Lipinski definition) is 10. The molecule has 13 heteroatoms. The van der Waals surface area contributed by atoms with Gasteiger partial charge in [0.15, 0.2) is 0 Å². The summed E-state index contributed by atoms with van der Waals surface area (Å²) in [6.45, 7) is 11.2. The first-order valence-electron chi connectivity index (χ1n) is 19.9. The number of benzene rings is 1. The number of nitrogens with one attached hydrogen (secondary N) is 2. The fourth-order valence-electron chi connectivity index (χ4n) is 8.43. The van der Waals surface area contributed by atoms with Crippen LogP contribution in [0.2, 0.25) is 0 Å². The number of alkyl carbamates (subject to hydrolysis) is 1. The van der Waals surface area contributed by atoms with Crippen LogP contribution in [0.25, 0.3) is 10.9 Å². The van der Waals surface area contributed by atoms with E-state index in [4.69, 9.17) is 19.2 Å². The fraction of sp³-hybridized carbons (Fsp3) is 0.619. The van der Waals surface area contributed by atoms with Crippen molar-refractivity contribution in [2.75, 3.05) is 20.3 Å². The first-order chi connectivity index (χ1) is 26.3. The first kappa shape index (κ1) is 40.4. The average molecular weight is 776 g/mol. The predicted molar refractivity (Wildman–Crippen MR) is 211 cm³/mol. The highest BCUT2D eigenvalue weighted by atomic mass is 32.1. The van der Waals surface area contributed by atoms with Crippen molar-refractivity contribution in [3.8, 4) is 11.6 Å². The Bertz CT molecular complexity index is 1870. The third-order valence-electron chi connectivity index (χ3n) is 11.8. The van der Waals surface area contributed by atoms with Gasteiger partial charge >= 0.3 is 6.09 Å². The Balaban J connectivity index is 1.02. The van der Waals surface area contributed by atoms with Gasteiger partial charge in [-0.2, -0.15) is 0 Å². The molecule has 2 aliphatic carbocycles. The molecule has 0 unspecified atom stereocenters. The molecule has 2 aromatic heterocycles. The maximum Gasteiger partial charge on any atom is 0.407 e. The van der Waals surface area contributed by atoms with E-state index in [1.807, 2.05) is 31.4 Å². The van der Waals surface area contributed by atoms with Gasteiger partial charge in [-0.3, -0.25) is 9.59 Å². The fourth-order valence-corrected chi connectivity index (χ4v) is 9.03. The van der Waals surface area contributed by atoms with Gasteiger partial charge in [-0.1, -0.05) is 40.0 Å². The van der Waals surface area contributed by atoms with Crippen LogP contribution in [0.5, 0.6) is 11.6 Å². The average Bonchev–Trinajstić information content (AvgIpc) is 3.65. The Morgan fingerprint density at radius 3 is 2.56 bits per heavy atom. The van der Waals surface area contributed by atoms with E-state index in [0.29, 0.717) is 38.3 Å². The van der Waals surface area contributed by atoms with E-state index in [-0.39, 0.29) is 35.7 Å². The van der Waals surface area contributed by atoms with Crippen LogP contribution >= 0.6 is 11.3 Å². The zero-order chi connectivity index (χ0) is 39.3. The van der Waals surface area contributed by atoms with Crippen molar-refractivity contribution in [3.05, 3.63) is 45.4 Å². The monoisotopic (exact) mass is 775 g/mol. The lowest BCUT2D eigenvalue weighted by Crippen LogP contribution is -2.57. The number of aromatic nitrogens is 2. The molecule has 1 aliphatic heterocycles. The number of methoxy groups -OCH3 is 1. The molecule has 3 amide bonds. The van der Waals surface area contributed by atoms with Gasteiger partial charge in [0, 0.05) is 29.4 Å². The molecule has 1 saturated heterocycles. The van der Waals surface area contributed by atoms with Gasteiger partial charge < -0.3 is 34.5 Å². The lowest BCUT2D eigenvalue weighted by atomic mass is 9.87. The molecule has 3 heterocycles. The van der Waals surface area contributed by atoms with Crippen LogP contribution in [0.1, 0.15) is 107 Å². The molecule has 2 saturated carbocycles. The Morgan fingerprint density at radius 2 is 1.89 bits per heavy atom. The van der Waals surface area contributed by atoms with E-state index in [9.17, 15) is 19.2 Å². The van der Waals surface area contributed by atoms with E-state index >= 15 is 0 Å². The standard InChI is InChI=1S/C42H57N5O7S/c1-7-30-21-42(30,24-48)46-38(49)34-15-11-17-47(34)39(50)37(28-12-8-9-13-28)45-40(51)54-25-41(4,5)16-10-14-29-19-32-26(2)18-36(44-33(32)20-35(29)52-6)53-22-31-23-55-27(3)43-31/h18-20,23-24,28,30,34,37H,7-17,21-22,25H2,1-6H3,(H,45,51)(H,46,49)/t30-,34+,37+,42+/m1/s1. The highest BCUT2D eigenvalue weighted by Gasteiger charge is 2.55. The summed E-state index contributed by atoms with van der Waals surface area (Å²) >= 11 is 1.60. The third kappa shape index (κ3) is 9.59. The molecule has 4 atom stereocenters. The van der Waals surface area contributed by atoms with Gasteiger partial charge in [-0.05, 0) is 99.7 Å². The second kappa shape index (κ2) is 17.3. The Morgan fingerprint density at radius 1 is 1.11 bits per heavy atom. The van der Waals surface area contributed by atoms with Gasteiger partial charge in [0.1, 0.15) is 30.7 Å². The summed E-state index contributed by atoms with van der Waals surface area (Å²) in [7, 11) is 1.67. The number of aryl methyl sites for hydroxylation is 3.